The molecule has 1 aromatic rings. The molecule has 3 nitrogen and oxygen atoms in total. The Labute approximate surface area is 93.9 Å². The van der Waals surface area contributed by atoms with Crippen LogP contribution in [0.4, 0.5) is 0 Å². The van der Waals surface area contributed by atoms with Gasteiger partial charge in [0.05, 0.1) is 6.61 Å². The molecule has 80 valence electrons. The summed E-state index contributed by atoms with van der Waals surface area (Å²) < 4.78 is 0. The smallest absolute Gasteiger partial charge is 0.118 e. The Kier molecular flexibility index (Phi) is 5.88. The van der Waals surface area contributed by atoms with Gasteiger partial charge < -0.3 is 15.9 Å². The van der Waals surface area contributed by atoms with Crippen molar-refractivity contribution in [3.05, 3.63) is 28.8 Å². The zero-order valence-corrected chi connectivity index (χ0v) is 9.05. The highest BCUT2D eigenvalue weighted by Gasteiger charge is 2.06. The van der Waals surface area contributed by atoms with Crippen LogP contribution in [-0.4, -0.2) is 22.9 Å². The molecule has 0 aliphatic carbocycles. The number of aliphatic hydroxyl groups excluding tert-OH is 1. The van der Waals surface area contributed by atoms with Crippen LogP contribution in [0.15, 0.2) is 18.2 Å². The van der Waals surface area contributed by atoms with E-state index in [1.807, 2.05) is 0 Å². The first-order valence-electron chi connectivity index (χ1n) is 3.97. The van der Waals surface area contributed by atoms with Crippen LogP contribution >= 0.6 is 24.0 Å². The molecular formula is C9H13Cl2NO2. The van der Waals surface area contributed by atoms with Crippen LogP contribution in [-0.2, 0) is 6.42 Å². The topological polar surface area (TPSA) is 66.5 Å². The van der Waals surface area contributed by atoms with Crippen molar-refractivity contribution in [2.24, 2.45) is 5.73 Å². The van der Waals surface area contributed by atoms with Gasteiger partial charge in [-0.15, -0.1) is 12.4 Å². The summed E-state index contributed by atoms with van der Waals surface area (Å²) in [4.78, 5) is 0. The number of benzene rings is 1. The van der Waals surface area contributed by atoms with Crippen molar-refractivity contribution in [2.75, 3.05) is 6.61 Å². The molecule has 14 heavy (non-hydrogen) atoms. The van der Waals surface area contributed by atoms with Gasteiger partial charge in [-0.1, -0.05) is 11.6 Å². The van der Waals surface area contributed by atoms with Gasteiger partial charge in [-0.25, -0.2) is 0 Å². The summed E-state index contributed by atoms with van der Waals surface area (Å²) in [7, 11) is 0. The van der Waals surface area contributed by atoms with E-state index in [-0.39, 0.29) is 30.8 Å². The molecule has 1 unspecified atom stereocenters. The minimum absolute atomic E-state index is 0. The summed E-state index contributed by atoms with van der Waals surface area (Å²) in [6.45, 7) is -0.105. The van der Waals surface area contributed by atoms with Gasteiger partial charge in [-0.05, 0) is 30.2 Å². The zero-order valence-electron chi connectivity index (χ0n) is 7.48. The van der Waals surface area contributed by atoms with E-state index in [1.165, 1.54) is 6.07 Å². The molecule has 0 saturated carbocycles. The highest BCUT2D eigenvalue weighted by Crippen LogP contribution is 2.22. The first-order chi connectivity index (χ1) is 6.13. The van der Waals surface area contributed by atoms with E-state index < -0.39 is 0 Å². The van der Waals surface area contributed by atoms with E-state index in [9.17, 15) is 5.11 Å². The molecule has 0 heterocycles. The summed E-state index contributed by atoms with van der Waals surface area (Å²) in [6.07, 6.45) is 0.420. The predicted molar refractivity (Wildman–Crippen MR) is 59.1 cm³/mol. The Morgan fingerprint density at radius 3 is 2.64 bits per heavy atom. The molecule has 0 aromatic heterocycles. The quantitative estimate of drug-likeness (QED) is 0.744. The Morgan fingerprint density at radius 1 is 1.43 bits per heavy atom. The van der Waals surface area contributed by atoms with Crippen molar-refractivity contribution in [1.29, 1.82) is 0 Å². The summed E-state index contributed by atoms with van der Waals surface area (Å²) in [6, 6.07) is 4.41. The van der Waals surface area contributed by atoms with Crippen molar-refractivity contribution in [2.45, 2.75) is 12.5 Å². The Hall–Kier alpha value is -0.480. The van der Waals surface area contributed by atoms with Crippen LogP contribution in [0.25, 0.3) is 0 Å². The van der Waals surface area contributed by atoms with Crippen LogP contribution in [0, 0.1) is 0 Å². The third kappa shape index (κ3) is 3.72. The first-order valence-corrected chi connectivity index (χ1v) is 4.35. The summed E-state index contributed by atoms with van der Waals surface area (Å²) in [5.74, 6) is 0.160. The Morgan fingerprint density at radius 2 is 2.07 bits per heavy atom. The maximum atomic E-state index is 9.38. The average Bonchev–Trinajstić information content (AvgIpc) is 2.11. The van der Waals surface area contributed by atoms with Gasteiger partial charge in [-0.3, -0.25) is 0 Å². The lowest BCUT2D eigenvalue weighted by Gasteiger charge is -2.09. The summed E-state index contributed by atoms with van der Waals surface area (Å²) >= 11 is 5.73. The fraction of sp³-hybridized carbons (Fsp3) is 0.333. The van der Waals surface area contributed by atoms with E-state index in [4.69, 9.17) is 22.4 Å². The SMILES string of the molecule is Cl.NC(CO)Cc1cc(Cl)ccc1O. The first kappa shape index (κ1) is 13.5. The standard InChI is InChI=1S/C9H12ClNO2.ClH/c10-7-1-2-9(13)6(3-7)4-8(11)5-12;/h1-3,8,12-13H,4-5,11H2;1H. The van der Waals surface area contributed by atoms with E-state index in [0.717, 1.165) is 0 Å². The molecule has 0 saturated heterocycles. The van der Waals surface area contributed by atoms with Crippen LogP contribution in [0.2, 0.25) is 5.02 Å². The number of phenols is 1. The number of rotatable bonds is 3. The number of nitrogens with two attached hydrogens (primary N) is 1. The van der Waals surface area contributed by atoms with Crippen molar-refractivity contribution in [3.8, 4) is 5.75 Å². The summed E-state index contributed by atoms with van der Waals surface area (Å²) in [5.41, 5.74) is 6.18. The number of aliphatic hydroxyl groups is 1. The fourth-order valence-corrected chi connectivity index (χ4v) is 1.26. The highest BCUT2D eigenvalue weighted by atomic mass is 35.5. The van der Waals surface area contributed by atoms with Gasteiger partial charge in [0, 0.05) is 11.1 Å². The number of hydrogen-bond donors (Lipinski definition) is 3. The van der Waals surface area contributed by atoms with E-state index in [2.05, 4.69) is 0 Å². The van der Waals surface area contributed by atoms with E-state index in [1.54, 1.807) is 12.1 Å². The van der Waals surface area contributed by atoms with Crippen LogP contribution in [0.5, 0.6) is 5.75 Å². The van der Waals surface area contributed by atoms with Crippen molar-refractivity contribution >= 4 is 24.0 Å². The second-order valence-corrected chi connectivity index (χ2v) is 3.36. The minimum Gasteiger partial charge on any atom is -0.508 e. The molecule has 5 heteroatoms. The van der Waals surface area contributed by atoms with Crippen LogP contribution in [0.1, 0.15) is 5.56 Å². The fourth-order valence-electron chi connectivity index (χ4n) is 1.06. The molecule has 0 spiro atoms. The lowest BCUT2D eigenvalue weighted by molar-refractivity contribution is 0.264. The molecular weight excluding hydrogens is 225 g/mol. The van der Waals surface area contributed by atoms with Gasteiger partial charge in [-0.2, -0.15) is 0 Å². The van der Waals surface area contributed by atoms with Gasteiger partial charge in [0.2, 0.25) is 0 Å². The van der Waals surface area contributed by atoms with Gasteiger partial charge >= 0.3 is 0 Å². The number of hydrogen-bond acceptors (Lipinski definition) is 3. The molecule has 0 radical (unpaired) electrons. The third-order valence-corrected chi connectivity index (χ3v) is 1.99. The molecule has 0 amide bonds. The van der Waals surface area contributed by atoms with Crippen LogP contribution < -0.4 is 5.73 Å². The lowest BCUT2D eigenvalue weighted by Crippen LogP contribution is -2.26. The average molecular weight is 238 g/mol. The van der Waals surface area contributed by atoms with E-state index in [0.29, 0.717) is 17.0 Å². The molecule has 1 atom stereocenters. The van der Waals surface area contributed by atoms with Gasteiger partial charge in [0.25, 0.3) is 0 Å². The highest BCUT2D eigenvalue weighted by molar-refractivity contribution is 6.30. The molecule has 1 aromatic carbocycles. The zero-order chi connectivity index (χ0) is 9.84. The number of halogens is 2. The van der Waals surface area contributed by atoms with Crippen molar-refractivity contribution < 1.29 is 10.2 Å². The maximum Gasteiger partial charge on any atom is 0.118 e. The Balaban J connectivity index is 0.00000169. The monoisotopic (exact) mass is 237 g/mol. The Bertz CT molecular complexity index is 294. The van der Waals surface area contributed by atoms with Crippen LogP contribution in [0.3, 0.4) is 0 Å². The molecule has 4 N–H and O–H groups in total. The third-order valence-electron chi connectivity index (χ3n) is 1.76. The van der Waals surface area contributed by atoms with Gasteiger partial charge in [0.1, 0.15) is 5.75 Å². The number of aromatic hydroxyl groups is 1. The molecule has 0 aliphatic heterocycles. The maximum absolute atomic E-state index is 9.38. The molecule has 1 rings (SSSR count). The lowest BCUT2D eigenvalue weighted by atomic mass is 10.1. The van der Waals surface area contributed by atoms with E-state index >= 15 is 0 Å². The molecule has 0 fully saturated rings. The largest absolute Gasteiger partial charge is 0.508 e. The van der Waals surface area contributed by atoms with Crippen molar-refractivity contribution in [3.63, 3.8) is 0 Å². The molecule has 0 bridgehead atoms. The van der Waals surface area contributed by atoms with Gasteiger partial charge in [0.15, 0.2) is 0 Å². The van der Waals surface area contributed by atoms with Crippen molar-refractivity contribution in [1.82, 2.24) is 0 Å². The second kappa shape index (κ2) is 6.09. The molecule has 0 aliphatic rings. The minimum atomic E-state index is -0.357. The second-order valence-electron chi connectivity index (χ2n) is 2.92. The summed E-state index contributed by atoms with van der Waals surface area (Å²) in [5, 5.41) is 18.7. The predicted octanol–water partition coefficient (Wildman–Crippen LogP) is 1.33. The number of phenolic OH excluding ortho intramolecular Hbond substituents is 1. The normalized spacial score (nSPS) is 11.9.